The van der Waals surface area contributed by atoms with Crippen molar-refractivity contribution >= 4 is 23.1 Å². The first-order valence-corrected chi connectivity index (χ1v) is 6.69. The number of aryl methyl sites for hydroxylation is 2. The minimum Gasteiger partial charge on any atom is -0.231 e. The highest BCUT2D eigenvalue weighted by molar-refractivity contribution is 7.98. The second-order valence-electron chi connectivity index (χ2n) is 3.28. The van der Waals surface area contributed by atoms with E-state index in [1.807, 2.05) is 18.5 Å². The van der Waals surface area contributed by atoms with E-state index in [4.69, 9.17) is 0 Å². The van der Waals surface area contributed by atoms with Gasteiger partial charge < -0.3 is 0 Å². The van der Waals surface area contributed by atoms with Crippen molar-refractivity contribution in [3.05, 3.63) is 28.8 Å². The van der Waals surface area contributed by atoms with Crippen LogP contribution in [0.4, 0.5) is 0 Å². The lowest BCUT2D eigenvalue weighted by atomic mass is 10.2. The number of rotatable bonds is 2. The molecule has 2 nitrogen and oxygen atoms in total. The van der Waals surface area contributed by atoms with Gasteiger partial charge in [-0.15, -0.1) is 11.3 Å². The molecule has 0 fully saturated rings. The lowest BCUT2D eigenvalue weighted by molar-refractivity contribution is 0.978. The molecule has 0 aromatic carbocycles. The molecule has 0 amide bonds. The Bertz CT molecular complexity index is 458. The molecule has 2 heterocycles. The zero-order valence-electron chi connectivity index (χ0n) is 8.94. The number of thioether (sulfide) groups is 1. The van der Waals surface area contributed by atoms with Gasteiger partial charge in [0, 0.05) is 11.1 Å². The minimum atomic E-state index is 0.830. The van der Waals surface area contributed by atoms with E-state index in [1.54, 1.807) is 23.1 Å². The van der Waals surface area contributed by atoms with Crippen LogP contribution in [0.5, 0.6) is 0 Å². The highest BCUT2D eigenvalue weighted by atomic mass is 32.2. The molecule has 0 unspecified atom stereocenters. The average Bonchev–Trinajstić information content (AvgIpc) is 2.59. The summed E-state index contributed by atoms with van der Waals surface area (Å²) in [6, 6.07) is 4.15. The summed E-state index contributed by atoms with van der Waals surface area (Å²) in [5.41, 5.74) is 2.36. The minimum absolute atomic E-state index is 0.830. The second kappa shape index (κ2) is 4.33. The van der Waals surface area contributed by atoms with E-state index < -0.39 is 0 Å². The Morgan fingerprint density at radius 1 is 1.33 bits per heavy atom. The van der Waals surface area contributed by atoms with Crippen LogP contribution in [0.15, 0.2) is 23.5 Å². The molecule has 2 rings (SSSR count). The molecule has 0 spiro atoms. The molecule has 0 aliphatic carbocycles. The van der Waals surface area contributed by atoms with Gasteiger partial charge in [0.05, 0.1) is 10.6 Å². The standard InChI is InChI=1S/C11H12N2S2/c1-7-6-10(15-8(7)2)9-4-5-12-11(13-9)14-3/h4-6H,1-3H3. The van der Waals surface area contributed by atoms with Crippen molar-refractivity contribution < 1.29 is 0 Å². The predicted octanol–water partition coefficient (Wildman–Crippen LogP) is 3.54. The van der Waals surface area contributed by atoms with Gasteiger partial charge in [-0.1, -0.05) is 11.8 Å². The number of hydrogen-bond acceptors (Lipinski definition) is 4. The molecule has 0 radical (unpaired) electrons. The van der Waals surface area contributed by atoms with E-state index in [9.17, 15) is 0 Å². The summed E-state index contributed by atoms with van der Waals surface area (Å²) in [5, 5.41) is 0.830. The monoisotopic (exact) mass is 236 g/mol. The SMILES string of the molecule is CSc1nccc(-c2cc(C)c(C)s2)n1. The fraction of sp³-hybridized carbons (Fsp3) is 0.273. The first kappa shape index (κ1) is 10.6. The van der Waals surface area contributed by atoms with Crippen LogP contribution in [0.2, 0.25) is 0 Å². The molecule has 0 saturated carbocycles. The van der Waals surface area contributed by atoms with Gasteiger partial charge in [0.25, 0.3) is 0 Å². The number of nitrogens with zero attached hydrogens (tertiary/aromatic N) is 2. The molecule has 0 aliphatic heterocycles. The van der Waals surface area contributed by atoms with Gasteiger partial charge in [0.15, 0.2) is 5.16 Å². The van der Waals surface area contributed by atoms with Crippen molar-refractivity contribution in [2.75, 3.05) is 6.26 Å². The highest BCUT2D eigenvalue weighted by Crippen LogP contribution is 2.29. The van der Waals surface area contributed by atoms with Crippen LogP contribution in [-0.4, -0.2) is 16.2 Å². The van der Waals surface area contributed by atoms with Gasteiger partial charge in [-0.05, 0) is 37.8 Å². The van der Waals surface area contributed by atoms with Crippen LogP contribution in [0.25, 0.3) is 10.6 Å². The Morgan fingerprint density at radius 2 is 2.13 bits per heavy atom. The van der Waals surface area contributed by atoms with Gasteiger partial charge >= 0.3 is 0 Å². The smallest absolute Gasteiger partial charge is 0.187 e. The van der Waals surface area contributed by atoms with Crippen LogP contribution in [0.3, 0.4) is 0 Å². The first-order valence-electron chi connectivity index (χ1n) is 4.65. The lowest BCUT2D eigenvalue weighted by Gasteiger charge is -1.97. The molecule has 2 aromatic heterocycles. The third kappa shape index (κ3) is 2.21. The molecular formula is C11H12N2S2. The van der Waals surface area contributed by atoms with Gasteiger partial charge in [-0.2, -0.15) is 0 Å². The molecule has 0 bridgehead atoms. The quantitative estimate of drug-likeness (QED) is 0.589. The summed E-state index contributed by atoms with van der Waals surface area (Å²) in [6.45, 7) is 4.27. The van der Waals surface area contributed by atoms with Crippen LogP contribution >= 0.6 is 23.1 Å². The summed E-state index contributed by atoms with van der Waals surface area (Å²) < 4.78 is 0. The van der Waals surface area contributed by atoms with E-state index in [0.29, 0.717) is 0 Å². The summed E-state index contributed by atoms with van der Waals surface area (Å²) >= 11 is 3.36. The molecule has 78 valence electrons. The topological polar surface area (TPSA) is 25.8 Å². The number of thiophene rings is 1. The molecule has 0 atom stereocenters. The second-order valence-corrected chi connectivity index (χ2v) is 5.31. The van der Waals surface area contributed by atoms with Gasteiger partial charge in [0.2, 0.25) is 0 Å². The maximum Gasteiger partial charge on any atom is 0.187 e. The Hall–Kier alpha value is -0.870. The Morgan fingerprint density at radius 3 is 2.73 bits per heavy atom. The van der Waals surface area contributed by atoms with E-state index >= 15 is 0 Å². The van der Waals surface area contributed by atoms with E-state index in [0.717, 1.165) is 10.9 Å². The largest absolute Gasteiger partial charge is 0.231 e. The Labute approximate surface area is 97.8 Å². The zero-order valence-corrected chi connectivity index (χ0v) is 10.6. The van der Waals surface area contributed by atoms with Crippen LogP contribution in [0.1, 0.15) is 10.4 Å². The van der Waals surface area contributed by atoms with Crippen LogP contribution in [0, 0.1) is 13.8 Å². The molecular weight excluding hydrogens is 224 g/mol. The van der Waals surface area contributed by atoms with E-state index in [-0.39, 0.29) is 0 Å². The normalized spacial score (nSPS) is 10.6. The van der Waals surface area contributed by atoms with Crippen LogP contribution in [-0.2, 0) is 0 Å². The van der Waals surface area contributed by atoms with Crippen molar-refractivity contribution in [3.63, 3.8) is 0 Å². The van der Waals surface area contributed by atoms with Crippen molar-refractivity contribution in [3.8, 4) is 10.6 Å². The Balaban J connectivity index is 2.44. The van der Waals surface area contributed by atoms with Crippen LogP contribution < -0.4 is 0 Å². The zero-order chi connectivity index (χ0) is 10.8. The Kier molecular flexibility index (Phi) is 3.07. The summed E-state index contributed by atoms with van der Waals surface area (Å²) in [4.78, 5) is 11.2. The summed E-state index contributed by atoms with van der Waals surface area (Å²) in [6.07, 6.45) is 3.81. The molecule has 0 N–H and O–H groups in total. The maximum atomic E-state index is 4.48. The summed E-state index contributed by atoms with van der Waals surface area (Å²) in [7, 11) is 0. The molecule has 4 heteroatoms. The number of hydrogen-bond donors (Lipinski definition) is 0. The fourth-order valence-electron chi connectivity index (χ4n) is 1.28. The predicted molar refractivity (Wildman–Crippen MR) is 66.6 cm³/mol. The van der Waals surface area contributed by atoms with E-state index in [2.05, 4.69) is 29.9 Å². The van der Waals surface area contributed by atoms with Gasteiger partial charge in [0.1, 0.15) is 0 Å². The lowest BCUT2D eigenvalue weighted by Crippen LogP contribution is -1.86. The third-order valence-corrected chi connectivity index (χ3v) is 3.97. The third-order valence-electron chi connectivity index (χ3n) is 2.23. The molecule has 0 aliphatic rings. The van der Waals surface area contributed by atoms with Crippen molar-refractivity contribution in [2.45, 2.75) is 19.0 Å². The van der Waals surface area contributed by atoms with Gasteiger partial charge in [-0.25, -0.2) is 9.97 Å². The van der Waals surface area contributed by atoms with Crippen molar-refractivity contribution in [1.82, 2.24) is 9.97 Å². The van der Waals surface area contributed by atoms with Crippen molar-refractivity contribution in [2.24, 2.45) is 0 Å². The fourth-order valence-corrected chi connectivity index (χ4v) is 2.64. The van der Waals surface area contributed by atoms with Crippen molar-refractivity contribution in [1.29, 1.82) is 0 Å². The summed E-state index contributed by atoms with van der Waals surface area (Å²) in [5.74, 6) is 0. The van der Waals surface area contributed by atoms with Gasteiger partial charge in [-0.3, -0.25) is 0 Å². The average molecular weight is 236 g/mol. The highest BCUT2D eigenvalue weighted by Gasteiger charge is 2.06. The molecule has 15 heavy (non-hydrogen) atoms. The maximum absolute atomic E-state index is 4.48. The number of aromatic nitrogens is 2. The molecule has 0 saturated heterocycles. The molecule has 2 aromatic rings. The van der Waals surface area contributed by atoms with E-state index in [1.165, 1.54) is 15.3 Å². The first-order chi connectivity index (χ1) is 7.20.